The number of sulfonamides is 1. The Morgan fingerprint density at radius 3 is 2.21 bits per heavy atom. The summed E-state index contributed by atoms with van der Waals surface area (Å²) in [5.74, 6) is 0.155. The maximum Gasteiger partial charge on any atom is 0.243 e. The molecule has 0 aliphatic carbocycles. The molecule has 2 aliphatic rings. The van der Waals surface area contributed by atoms with Gasteiger partial charge in [0.15, 0.2) is 0 Å². The maximum absolute atomic E-state index is 12.8. The van der Waals surface area contributed by atoms with Gasteiger partial charge in [-0.2, -0.15) is 4.31 Å². The summed E-state index contributed by atoms with van der Waals surface area (Å²) in [5, 5.41) is 0.749. The average Bonchev–Trinajstić information content (AvgIpc) is 2.84. The van der Waals surface area contributed by atoms with Crippen molar-refractivity contribution in [3.63, 3.8) is 0 Å². The lowest BCUT2D eigenvalue weighted by molar-refractivity contribution is -0.133. The van der Waals surface area contributed by atoms with Gasteiger partial charge in [-0.15, -0.1) is 0 Å². The van der Waals surface area contributed by atoms with Crippen LogP contribution in [-0.4, -0.2) is 67.7 Å². The van der Waals surface area contributed by atoms with Gasteiger partial charge in [0.05, 0.1) is 4.90 Å². The molecular weight excluding hydrogens is 458 g/mol. The van der Waals surface area contributed by atoms with Crippen LogP contribution in [-0.2, 0) is 27.8 Å². The third kappa shape index (κ3) is 6.35. The molecule has 2 aliphatic heterocycles. The minimum absolute atomic E-state index is 0.155. The molecule has 2 saturated heterocycles. The molecule has 0 unspecified atom stereocenters. The standard InChI is InChI=1S/C25H32ClN3O3S/c26-23-6-4-5-22(19-23)20-27-15-17-28(18-16-27)25(30)12-9-21-7-10-24(11-8-21)33(31,32)29-13-2-1-3-14-29/h4-8,10-11,19H,1-3,9,12-18,20H2. The number of halogens is 1. The Kier molecular flexibility index (Phi) is 8.07. The van der Waals surface area contributed by atoms with Crippen molar-refractivity contribution >= 4 is 27.5 Å². The summed E-state index contributed by atoms with van der Waals surface area (Å²) in [4.78, 5) is 17.3. The summed E-state index contributed by atoms with van der Waals surface area (Å²) < 4.78 is 27.2. The predicted molar refractivity (Wildman–Crippen MR) is 131 cm³/mol. The molecule has 2 heterocycles. The van der Waals surface area contributed by atoms with E-state index in [1.54, 1.807) is 16.4 Å². The summed E-state index contributed by atoms with van der Waals surface area (Å²) >= 11 is 6.08. The van der Waals surface area contributed by atoms with Crippen molar-refractivity contribution in [1.82, 2.24) is 14.1 Å². The van der Waals surface area contributed by atoms with Crippen LogP contribution in [0.25, 0.3) is 0 Å². The van der Waals surface area contributed by atoms with Crippen molar-refractivity contribution in [2.45, 2.75) is 43.5 Å². The van der Waals surface area contributed by atoms with E-state index in [-0.39, 0.29) is 5.91 Å². The topological polar surface area (TPSA) is 60.9 Å². The molecule has 178 valence electrons. The number of piperidine rings is 1. The highest BCUT2D eigenvalue weighted by molar-refractivity contribution is 7.89. The number of aryl methyl sites for hydroxylation is 1. The fourth-order valence-corrected chi connectivity index (χ4v) is 6.27. The summed E-state index contributed by atoms with van der Waals surface area (Å²) in [6.07, 6.45) is 4.00. The molecule has 2 fully saturated rings. The third-order valence-electron chi connectivity index (χ3n) is 6.52. The van der Waals surface area contributed by atoms with Crippen molar-refractivity contribution in [2.75, 3.05) is 39.3 Å². The number of rotatable bonds is 7. The first kappa shape index (κ1) is 24.2. The summed E-state index contributed by atoms with van der Waals surface area (Å²) in [6.45, 7) is 5.20. The van der Waals surface area contributed by atoms with E-state index in [1.807, 2.05) is 35.2 Å². The zero-order chi connectivity index (χ0) is 23.3. The van der Waals surface area contributed by atoms with Gasteiger partial charge >= 0.3 is 0 Å². The number of benzene rings is 2. The second-order valence-corrected chi connectivity index (χ2v) is 11.3. The normalized spacial score (nSPS) is 18.4. The Morgan fingerprint density at radius 1 is 0.848 bits per heavy atom. The van der Waals surface area contributed by atoms with Crippen LogP contribution in [0.3, 0.4) is 0 Å². The molecule has 2 aromatic rings. The summed E-state index contributed by atoms with van der Waals surface area (Å²) in [7, 11) is -3.41. The van der Waals surface area contributed by atoms with Gasteiger partial charge in [0.1, 0.15) is 0 Å². The SMILES string of the molecule is O=C(CCc1ccc(S(=O)(=O)N2CCCCC2)cc1)N1CCN(Cc2cccc(Cl)c2)CC1. The zero-order valence-electron chi connectivity index (χ0n) is 19.0. The van der Waals surface area contributed by atoms with E-state index in [0.29, 0.717) is 30.8 Å². The first-order valence-corrected chi connectivity index (χ1v) is 13.6. The van der Waals surface area contributed by atoms with E-state index in [1.165, 1.54) is 5.56 Å². The van der Waals surface area contributed by atoms with E-state index in [0.717, 1.165) is 62.6 Å². The van der Waals surface area contributed by atoms with Gasteiger partial charge in [-0.3, -0.25) is 9.69 Å². The average molecular weight is 490 g/mol. The van der Waals surface area contributed by atoms with Gasteiger partial charge in [-0.25, -0.2) is 8.42 Å². The Balaban J connectivity index is 1.24. The van der Waals surface area contributed by atoms with Gasteiger partial charge in [0.25, 0.3) is 0 Å². The van der Waals surface area contributed by atoms with Gasteiger partial charge in [0.2, 0.25) is 15.9 Å². The highest BCUT2D eigenvalue weighted by Crippen LogP contribution is 2.21. The molecule has 0 saturated carbocycles. The molecular formula is C25H32ClN3O3S. The molecule has 0 spiro atoms. The summed E-state index contributed by atoms with van der Waals surface area (Å²) in [6, 6.07) is 14.9. The van der Waals surface area contributed by atoms with Gasteiger partial charge < -0.3 is 4.90 Å². The van der Waals surface area contributed by atoms with Gasteiger partial charge in [-0.05, 0) is 54.7 Å². The Bertz CT molecular complexity index is 1040. The number of amides is 1. The highest BCUT2D eigenvalue weighted by Gasteiger charge is 2.26. The molecule has 0 bridgehead atoms. The van der Waals surface area contributed by atoms with E-state index >= 15 is 0 Å². The molecule has 0 aromatic heterocycles. The molecule has 33 heavy (non-hydrogen) atoms. The first-order chi connectivity index (χ1) is 15.9. The number of piperazine rings is 1. The van der Waals surface area contributed by atoms with E-state index in [9.17, 15) is 13.2 Å². The number of nitrogens with zero attached hydrogens (tertiary/aromatic N) is 3. The number of hydrogen-bond acceptors (Lipinski definition) is 4. The quantitative estimate of drug-likeness (QED) is 0.593. The largest absolute Gasteiger partial charge is 0.340 e. The molecule has 0 radical (unpaired) electrons. The lowest BCUT2D eigenvalue weighted by atomic mass is 10.1. The van der Waals surface area contributed by atoms with E-state index in [2.05, 4.69) is 11.0 Å². The lowest BCUT2D eigenvalue weighted by Gasteiger charge is -2.35. The second kappa shape index (κ2) is 11.0. The van der Waals surface area contributed by atoms with Crippen molar-refractivity contribution < 1.29 is 13.2 Å². The van der Waals surface area contributed by atoms with Crippen LogP contribution in [0.5, 0.6) is 0 Å². The van der Waals surface area contributed by atoms with Crippen LogP contribution in [0.15, 0.2) is 53.4 Å². The molecule has 1 amide bonds. The van der Waals surface area contributed by atoms with Crippen LogP contribution in [0.4, 0.5) is 0 Å². The van der Waals surface area contributed by atoms with Crippen LogP contribution in [0.1, 0.15) is 36.8 Å². The minimum atomic E-state index is -3.41. The Hall–Kier alpha value is -1.93. The Morgan fingerprint density at radius 2 is 1.55 bits per heavy atom. The molecule has 0 N–H and O–H groups in total. The predicted octanol–water partition coefficient (Wildman–Crippen LogP) is 3.79. The number of carbonyl (C=O) groups is 1. The second-order valence-electron chi connectivity index (χ2n) is 8.90. The zero-order valence-corrected chi connectivity index (χ0v) is 20.5. The van der Waals surface area contributed by atoms with Crippen molar-refractivity contribution in [3.05, 3.63) is 64.7 Å². The summed E-state index contributed by atoms with van der Waals surface area (Å²) in [5.41, 5.74) is 2.17. The first-order valence-electron chi connectivity index (χ1n) is 11.8. The van der Waals surface area contributed by atoms with Crippen molar-refractivity contribution in [2.24, 2.45) is 0 Å². The van der Waals surface area contributed by atoms with E-state index < -0.39 is 10.0 Å². The molecule has 2 aromatic carbocycles. The fraction of sp³-hybridized carbons (Fsp3) is 0.480. The monoisotopic (exact) mass is 489 g/mol. The van der Waals surface area contributed by atoms with Crippen LogP contribution < -0.4 is 0 Å². The highest BCUT2D eigenvalue weighted by atomic mass is 35.5. The number of hydrogen-bond donors (Lipinski definition) is 0. The molecule has 8 heteroatoms. The molecule has 4 rings (SSSR count). The third-order valence-corrected chi connectivity index (χ3v) is 8.67. The van der Waals surface area contributed by atoms with Crippen LogP contribution >= 0.6 is 11.6 Å². The van der Waals surface area contributed by atoms with Crippen molar-refractivity contribution in [3.8, 4) is 0 Å². The molecule has 6 nitrogen and oxygen atoms in total. The van der Waals surface area contributed by atoms with Gasteiger partial charge in [0, 0.05) is 57.3 Å². The van der Waals surface area contributed by atoms with Crippen LogP contribution in [0, 0.1) is 0 Å². The maximum atomic E-state index is 12.8. The van der Waals surface area contributed by atoms with E-state index in [4.69, 9.17) is 11.6 Å². The smallest absolute Gasteiger partial charge is 0.243 e. The van der Waals surface area contributed by atoms with Crippen LogP contribution in [0.2, 0.25) is 5.02 Å². The minimum Gasteiger partial charge on any atom is -0.340 e. The van der Waals surface area contributed by atoms with Crippen molar-refractivity contribution in [1.29, 1.82) is 0 Å². The molecule has 0 atom stereocenters. The Labute approximate surface area is 202 Å². The number of carbonyl (C=O) groups excluding carboxylic acids is 1. The lowest BCUT2D eigenvalue weighted by Crippen LogP contribution is -2.48. The fourth-order valence-electron chi connectivity index (χ4n) is 4.54. The van der Waals surface area contributed by atoms with Gasteiger partial charge in [-0.1, -0.05) is 42.3 Å².